The fourth-order valence-corrected chi connectivity index (χ4v) is 5.92. The summed E-state index contributed by atoms with van der Waals surface area (Å²) in [5.41, 5.74) is 7.82. The molecule has 2 aromatic carbocycles. The molecule has 10 heteroatoms. The summed E-state index contributed by atoms with van der Waals surface area (Å²) in [6, 6.07) is 12.8. The molecule has 0 saturated heterocycles. The van der Waals surface area contributed by atoms with Gasteiger partial charge in [0, 0.05) is 28.3 Å². The summed E-state index contributed by atoms with van der Waals surface area (Å²) in [7, 11) is 0. The van der Waals surface area contributed by atoms with Gasteiger partial charge in [-0.1, -0.05) is 38.1 Å². The lowest BCUT2D eigenvalue weighted by Gasteiger charge is -2.22. The van der Waals surface area contributed by atoms with Gasteiger partial charge < -0.3 is 10.6 Å². The molecule has 1 aliphatic rings. The summed E-state index contributed by atoms with van der Waals surface area (Å²) in [6.07, 6.45) is 5.97. The van der Waals surface area contributed by atoms with Crippen LogP contribution in [0.2, 0.25) is 0 Å². The highest BCUT2D eigenvalue weighted by Gasteiger charge is 2.28. The van der Waals surface area contributed by atoms with E-state index in [9.17, 15) is 5.26 Å². The summed E-state index contributed by atoms with van der Waals surface area (Å²) in [4.78, 5) is 9.11. The maximum Gasteiger partial charge on any atom is 0.110 e. The Morgan fingerprint density at radius 1 is 1.24 bits per heavy atom. The van der Waals surface area contributed by atoms with E-state index in [1.165, 1.54) is 0 Å². The molecular weight excluding hydrogens is 560 g/mol. The molecule has 0 radical (unpaired) electrons. The zero-order valence-electron chi connectivity index (χ0n) is 21.4. The van der Waals surface area contributed by atoms with E-state index < -0.39 is 0 Å². The lowest BCUT2D eigenvalue weighted by atomic mass is 9.96. The molecule has 5 aromatic rings. The third-order valence-corrected chi connectivity index (χ3v) is 8.09. The van der Waals surface area contributed by atoms with Gasteiger partial charge in [-0.25, -0.2) is 9.67 Å². The molecule has 8 nitrogen and oxygen atoms in total. The molecule has 6 rings (SSSR count). The minimum absolute atomic E-state index is 0.0430. The Kier molecular flexibility index (Phi) is 6.28. The van der Waals surface area contributed by atoms with Crippen LogP contribution in [0, 0.1) is 16.7 Å². The predicted molar refractivity (Wildman–Crippen MR) is 155 cm³/mol. The number of fused-ring (bicyclic) bond motifs is 2. The number of nitriles is 1. The van der Waals surface area contributed by atoms with Crippen molar-refractivity contribution in [3.8, 4) is 6.07 Å². The zero-order valence-corrected chi connectivity index (χ0v) is 23.8. The number of benzene rings is 2. The Bertz CT molecular complexity index is 1690. The van der Waals surface area contributed by atoms with Crippen molar-refractivity contribution in [2.24, 2.45) is 5.41 Å². The van der Waals surface area contributed by atoms with Crippen LogP contribution in [0.1, 0.15) is 62.5 Å². The number of nitrogens with zero attached hydrogens (tertiary/aromatic N) is 6. The van der Waals surface area contributed by atoms with E-state index in [0.29, 0.717) is 11.6 Å². The fraction of sp³-hybridized carbons (Fsp3) is 0.321. The smallest absolute Gasteiger partial charge is 0.110 e. The first-order chi connectivity index (χ1) is 18.3. The minimum atomic E-state index is -0.242. The molecule has 2 N–H and O–H groups in total. The van der Waals surface area contributed by atoms with Gasteiger partial charge in [0.15, 0.2) is 0 Å². The van der Waals surface area contributed by atoms with Crippen LogP contribution < -0.4 is 10.6 Å². The monoisotopic (exact) mass is 586 g/mol. The predicted octanol–water partition coefficient (Wildman–Crippen LogP) is 7.06. The molecule has 1 saturated carbocycles. The van der Waals surface area contributed by atoms with Crippen LogP contribution in [0.15, 0.2) is 52.7 Å². The highest BCUT2D eigenvalue weighted by molar-refractivity contribution is 9.10. The second kappa shape index (κ2) is 9.64. The van der Waals surface area contributed by atoms with E-state index in [2.05, 4.69) is 92.0 Å². The van der Waals surface area contributed by atoms with Crippen LogP contribution in [0.4, 0.5) is 11.4 Å². The zero-order chi connectivity index (χ0) is 26.4. The van der Waals surface area contributed by atoms with E-state index in [4.69, 9.17) is 0 Å². The van der Waals surface area contributed by atoms with Crippen LogP contribution >= 0.6 is 27.3 Å². The quantitative estimate of drug-likeness (QED) is 0.210. The average molecular weight is 588 g/mol. The molecular formula is C28H27BrN8S. The van der Waals surface area contributed by atoms with Gasteiger partial charge in [0.25, 0.3) is 0 Å². The van der Waals surface area contributed by atoms with Crippen molar-refractivity contribution in [2.75, 3.05) is 17.2 Å². The molecule has 0 spiro atoms. The molecule has 1 atom stereocenters. The van der Waals surface area contributed by atoms with Crippen molar-refractivity contribution < 1.29 is 0 Å². The first-order valence-corrected chi connectivity index (χ1v) is 14.2. The van der Waals surface area contributed by atoms with Crippen LogP contribution in [-0.2, 0) is 0 Å². The summed E-state index contributed by atoms with van der Waals surface area (Å²) >= 11 is 5.36. The topological polar surface area (TPSA) is 104 Å². The summed E-state index contributed by atoms with van der Waals surface area (Å²) < 4.78 is 3.94. The fourth-order valence-electron chi connectivity index (χ4n) is 4.53. The molecule has 0 bridgehead atoms. The van der Waals surface area contributed by atoms with Crippen LogP contribution in [-0.4, -0.2) is 31.5 Å². The second-order valence-electron chi connectivity index (χ2n) is 10.9. The Balaban J connectivity index is 1.46. The molecule has 1 fully saturated rings. The van der Waals surface area contributed by atoms with Crippen molar-refractivity contribution in [3.05, 3.63) is 69.5 Å². The highest BCUT2D eigenvalue weighted by Crippen LogP contribution is 2.39. The van der Waals surface area contributed by atoms with Gasteiger partial charge >= 0.3 is 0 Å². The third kappa shape index (κ3) is 4.84. The van der Waals surface area contributed by atoms with Crippen molar-refractivity contribution in [3.63, 3.8) is 0 Å². The van der Waals surface area contributed by atoms with E-state index in [1.807, 2.05) is 28.4 Å². The lowest BCUT2D eigenvalue weighted by Crippen LogP contribution is -2.20. The van der Waals surface area contributed by atoms with E-state index >= 15 is 0 Å². The number of nitrogens with one attached hydrogen (secondary N) is 2. The minimum Gasteiger partial charge on any atom is -0.383 e. The number of halogens is 1. The Labute approximate surface area is 233 Å². The SMILES string of the molecule is CC(C)(C)CNc1c(C#N)cnc2c(Br)cc(N[C@H](c3cn(C4CC4)nn3)c3cccc4ncsc34)cc12. The van der Waals surface area contributed by atoms with Gasteiger partial charge in [0.05, 0.1) is 50.8 Å². The van der Waals surface area contributed by atoms with Crippen LogP contribution in [0.25, 0.3) is 21.1 Å². The van der Waals surface area contributed by atoms with Gasteiger partial charge in [-0.15, -0.1) is 16.4 Å². The van der Waals surface area contributed by atoms with Crippen LogP contribution in [0.3, 0.4) is 0 Å². The Morgan fingerprint density at radius 2 is 2.08 bits per heavy atom. The number of anilines is 2. The summed E-state index contributed by atoms with van der Waals surface area (Å²) in [6.45, 7) is 7.21. The molecule has 0 aliphatic heterocycles. The number of rotatable bonds is 7. The molecule has 3 aromatic heterocycles. The lowest BCUT2D eigenvalue weighted by molar-refractivity contribution is 0.443. The van der Waals surface area contributed by atoms with Gasteiger partial charge in [-0.3, -0.25) is 4.98 Å². The Hall–Kier alpha value is -3.55. The van der Waals surface area contributed by atoms with Crippen molar-refractivity contribution in [1.29, 1.82) is 5.26 Å². The van der Waals surface area contributed by atoms with Gasteiger partial charge in [0.2, 0.25) is 0 Å². The second-order valence-corrected chi connectivity index (χ2v) is 12.6. The standard InChI is InChI=1S/C28H27BrN8S/c1-28(2,3)14-32-24-16(11-30)12-31-25-20(24)9-17(10-21(25)29)34-26(23-13-37(36-35-23)18-7-8-18)19-5-4-6-22-27(19)38-15-33-22/h4-6,9-10,12-13,15,18,26,34H,7-8,14H2,1-3H3,(H,31,32)/t26-/m0/s1. The molecule has 38 heavy (non-hydrogen) atoms. The molecule has 3 heterocycles. The molecule has 0 amide bonds. The number of pyridine rings is 1. The number of aromatic nitrogens is 5. The third-order valence-electron chi connectivity index (χ3n) is 6.59. The number of thiazole rings is 1. The van der Waals surface area contributed by atoms with Gasteiger partial charge in [-0.2, -0.15) is 5.26 Å². The van der Waals surface area contributed by atoms with Crippen molar-refractivity contribution in [1.82, 2.24) is 25.0 Å². The number of hydrogen-bond donors (Lipinski definition) is 2. The largest absolute Gasteiger partial charge is 0.383 e. The maximum atomic E-state index is 9.84. The van der Waals surface area contributed by atoms with Crippen LogP contribution in [0.5, 0.6) is 0 Å². The summed E-state index contributed by atoms with van der Waals surface area (Å²) in [5, 5.41) is 27.0. The summed E-state index contributed by atoms with van der Waals surface area (Å²) in [5.74, 6) is 0. The molecule has 0 unspecified atom stereocenters. The first-order valence-electron chi connectivity index (χ1n) is 12.6. The normalized spacial score (nSPS) is 14.5. The molecule has 192 valence electrons. The highest BCUT2D eigenvalue weighted by atomic mass is 79.9. The van der Waals surface area contributed by atoms with Crippen molar-refractivity contribution >= 4 is 59.8 Å². The maximum absolute atomic E-state index is 9.84. The van der Waals surface area contributed by atoms with E-state index in [1.54, 1.807) is 17.5 Å². The first kappa shape index (κ1) is 24.8. The number of hydrogen-bond acceptors (Lipinski definition) is 8. The van der Waals surface area contributed by atoms with Gasteiger partial charge in [-0.05, 0) is 57.9 Å². The van der Waals surface area contributed by atoms with Gasteiger partial charge in [0.1, 0.15) is 11.8 Å². The van der Waals surface area contributed by atoms with Crippen molar-refractivity contribution in [2.45, 2.75) is 45.7 Å². The van der Waals surface area contributed by atoms with E-state index in [-0.39, 0.29) is 11.5 Å². The average Bonchev–Trinajstić information content (AvgIpc) is 3.41. The Morgan fingerprint density at radius 3 is 2.84 bits per heavy atom. The molecule has 1 aliphatic carbocycles. The van der Waals surface area contributed by atoms with E-state index in [0.717, 1.165) is 67.6 Å².